The molecular formula is C17H10F6N4O3. The first-order valence-corrected chi connectivity index (χ1v) is 7.69. The second-order valence-electron chi connectivity index (χ2n) is 5.65. The van der Waals surface area contributed by atoms with Crippen molar-refractivity contribution >= 4 is 5.82 Å². The zero-order valence-corrected chi connectivity index (χ0v) is 14.8. The molecule has 1 heterocycles. The monoisotopic (exact) mass is 432 g/mol. The first-order valence-electron chi connectivity index (χ1n) is 7.69. The molecule has 0 bridgehead atoms. The van der Waals surface area contributed by atoms with Crippen LogP contribution in [0.4, 0.5) is 32.2 Å². The van der Waals surface area contributed by atoms with Gasteiger partial charge in [0.2, 0.25) is 0 Å². The first-order chi connectivity index (χ1) is 13.9. The topological polar surface area (TPSA) is 125 Å². The molecule has 0 spiro atoms. The fourth-order valence-electron chi connectivity index (χ4n) is 2.43. The fraction of sp³-hybridized carbons (Fsp3) is 0.235. The number of anilines is 1. The summed E-state index contributed by atoms with van der Waals surface area (Å²) in [4.78, 5) is 14.0. The molecule has 0 amide bonds. The standard InChI is InChI=1S/C17H10F6N4O3/c1-29-11-4-7(12-8(5-24)13(26)27-14(28)9(12)6-25)2-3-10(11)30-17(22,23)15(18)16(19,20)21/h2-4,15H,1H3,(H3,26,27,28). The summed E-state index contributed by atoms with van der Waals surface area (Å²) in [7, 11) is 0.948. The van der Waals surface area contributed by atoms with E-state index in [-0.39, 0.29) is 22.5 Å². The van der Waals surface area contributed by atoms with Crippen LogP contribution in [0.1, 0.15) is 11.1 Å². The van der Waals surface area contributed by atoms with E-state index in [1.807, 2.05) is 0 Å². The molecule has 158 valence electrons. The smallest absolute Gasteiger partial charge is 0.439 e. The van der Waals surface area contributed by atoms with Gasteiger partial charge in [-0.1, -0.05) is 6.07 Å². The number of methoxy groups -OCH3 is 1. The Morgan fingerprint density at radius 2 is 1.70 bits per heavy atom. The minimum Gasteiger partial charge on any atom is -0.493 e. The van der Waals surface area contributed by atoms with Gasteiger partial charge in [0.05, 0.1) is 7.11 Å². The molecule has 0 aliphatic heterocycles. The number of halogens is 6. The van der Waals surface area contributed by atoms with Crippen LogP contribution in [0, 0.1) is 22.7 Å². The molecule has 0 saturated carbocycles. The van der Waals surface area contributed by atoms with Crippen molar-refractivity contribution in [3.63, 3.8) is 0 Å². The number of alkyl halides is 6. The number of pyridine rings is 1. The third-order valence-electron chi connectivity index (χ3n) is 3.75. The van der Waals surface area contributed by atoms with E-state index in [0.29, 0.717) is 6.07 Å². The normalized spacial score (nSPS) is 12.6. The van der Waals surface area contributed by atoms with Crippen molar-refractivity contribution in [3.8, 4) is 34.8 Å². The fourth-order valence-corrected chi connectivity index (χ4v) is 2.43. The van der Waals surface area contributed by atoms with Crippen LogP contribution in [-0.4, -0.2) is 30.6 Å². The molecule has 2 rings (SSSR count). The number of aromatic amines is 1. The Bertz CT molecular complexity index is 1110. The summed E-state index contributed by atoms with van der Waals surface area (Å²) in [5, 5.41) is 18.5. The molecule has 0 saturated heterocycles. The molecule has 0 aliphatic carbocycles. The summed E-state index contributed by atoms with van der Waals surface area (Å²) < 4.78 is 85.7. The maximum absolute atomic E-state index is 13.6. The number of nitrogens with one attached hydrogen (secondary N) is 1. The number of nitrogens with zero attached hydrogens (tertiary/aromatic N) is 2. The number of hydrogen-bond donors (Lipinski definition) is 2. The molecule has 0 radical (unpaired) electrons. The van der Waals surface area contributed by atoms with Crippen molar-refractivity contribution in [1.82, 2.24) is 4.98 Å². The van der Waals surface area contributed by atoms with Crippen LogP contribution in [0.3, 0.4) is 0 Å². The molecule has 1 aromatic carbocycles. The van der Waals surface area contributed by atoms with Gasteiger partial charge in [-0.05, 0) is 17.7 Å². The zero-order chi connectivity index (χ0) is 22.9. The summed E-state index contributed by atoms with van der Waals surface area (Å²) in [5.41, 5.74) is 3.39. The summed E-state index contributed by atoms with van der Waals surface area (Å²) in [6.07, 6.45) is -15.8. The third-order valence-corrected chi connectivity index (χ3v) is 3.75. The van der Waals surface area contributed by atoms with Gasteiger partial charge in [0.15, 0.2) is 11.5 Å². The van der Waals surface area contributed by atoms with E-state index in [0.717, 1.165) is 19.2 Å². The number of nitriles is 2. The number of rotatable bonds is 5. The minimum absolute atomic E-state index is 0.0963. The molecule has 3 N–H and O–H groups in total. The number of aromatic nitrogens is 1. The molecule has 7 nitrogen and oxygen atoms in total. The van der Waals surface area contributed by atoms with Crippen LogP contribution in [0.15, 0.2) is 23.0 Å². The van der Waals surface area contributed by atoms with E-state index in [1.165, 1.54) is 0 Å². The highest BCUT2D eigenvalue weighted by Crippen LogP contribution is 2.41. The number of H-pyrrole nitrogens is 1. The first kappa shape index (κ1) is 22.4. The summed E-state index contributed by atoms with van der Waals surface area (Å²) in [6.45, 7) is 0. The van der Waals surface area contributed by atoms with Crippen molar-refractivity contribution in [3.05, 3.63) is 39.7 Å². The Balaban J connectivity index is 2.62. The summed E-state index contributed by atoms with van der Waals surface area (Å²) >= 11 is 0. The lowest BCUT2D eigenvalue weighted by molar-refractivity contribution is -0.305. The van der Waals surface area contributed by atoms with Gasteiger partial charge in [0.25, 0.3) is 11.7 Å². The van der Waals surface area contributed by atoms with E-state index in [1.54, 1.807) is 12.1 Å². The van der Waals surface area contributed by atoms with Crippen LogP contribution in [0.5, 0.6) is 11.5 Å². The number of benzene rings is 1. The van der Waals surface area contributed by atoms with Gasteiger partial charge < -0.3 is 20.2 Å². The van der Waals surface area contributed by atoms with E-state index in [4.69, 9.17) is 10.5 Å². The highest BCUT2D eigenvalue weighted by molar-refractivity contribution is 5.81. The van der Waals surface area contributed by atoms with E-state index >= 15 is 0 Å². The predicted molar refractivity (Wildman–Crippen MR) is 89.4 cm³/mol. The van der Waals surface area contributed by atoms with Crippen molar-refractivity contribution in [2.24, 2.45) is 0 Å². The van der Waals surface area contributed by atoms with Crippen LogP contribution >= 0.6 is 0 Å². The quantitative estimate of drug-likeness (QED) is 0.699. The molecular weight excluding hydrogens is 422 g/mol. The SMILES string of the molecule is COc1cc(-c2c(C#N)c(N)[nH]c(=O)c2C#N)ccc1OC(F)(F)C(F)C(F)(F)F. The number of ether oxygens (including phenoxy) is 2. The molecule has 2 aromatic rings. The lowest BCUT2D eigenvalue weighted by Gasteiger charge is -2.24. The third kappa shape index (κ3) is 4.10. The molecule has 1 aromatic heterocycles. The van der Waals surface area contributed by atoms with Gasteiger partial charge in [-0.3, -0.25) is 4.79 Å². The highest BCUT2D eigenvalue weighted by atomic mass is 19.4. The lowest BCUT2D eigenvalue weighted by atomic mass is 9.96. The second-order valence-corrected chi connectivity index (χ2v) is 5.65. The maximum atomic E-state index is 13.6. The molecule has 0 aliphatic rings. The van der Waals surface area contributed by atoms with Gasteiger partial charge in [-0.2, -0.15) is 32.5 Å². The highest BCUT2D eigenvalue weighted by Gasteiger charge is 2.59. The Kier molecular flexibility index (Phi) is 5.88. The van der Waals surface area contributed by atoms with Gasteiger partial charge in [0, 0.05) is 5.56 Å². The Morgan fingerprint density at radius 3 is 2.20 bits per heavy atom. The average molecular weight is 432 g/mol. The van der Waals surface area contributed by atoms with Gasteiger partial charge in [-0.15, -0.1) is 0 Å². The van der Waals surface area contributed by atoms with Crippen LogP contribution in [-0.2, 0) is 0 Å². The Hall–Kier alpha value is -3.87. The Labute approximate surface area is 163 Å². The number of hydrogen-bond acceptors (Lipinski definition) is 6. The van der Waals surface area contributed by atoms with Crippen LogP contribution in [0.25, 0.3) is 11.1 Å². The van der Waals surface area contributed by atoms with Crippen molar-refractivity contribution < 1.29 is 35.8 Å². The molecule has 1 unspecified atom stereocenters. The van der Waals surface area contributed by atoms with E-state index in [2.05, 4.69) is 9.72 Å². The largest absolute Gasteiger partial charge is 0.493 e. The zero-order valence-electron chi connectivity index (χ0n) is 14.8. The lowest BCUT2D eigenvalue weighted by Crippen LogP contribution is -2.45. The second kappa shape index (κ2) is 7.87. The number of nitrogen functional groups attached to an aromatic ring is 1. The summed E-state index contributed by atoms with van der Waals surface area (Å²) in [5.74, 6) is -1.94. The predicted octanol–water partition coefficient (Wildman–Crippen LogP) is 3.25. The van der Waals surface area contributed by atoms with Gasteiger partial charge in [0.1, 0.15) is 29.1 Å². The average Bonchev–Trinajstić information content (AvgIpc) is 2.66. The molecule has 30 heavy (non-hydrogen) atoms. The van der Waals surface area contributed by atoms with Crippen molar-refractivity contribution in [2.75, 3.05) is 12.8 Å². The van der Waals surface area contributed by atoms with E-state index < -0.39 is 41.1 Å². The van der Waals surface area contributed by atoms with E-state index in [9.17, 15) is 41.7 Å². The van der Waals surface area contributed by atoms with Crippen LogP contribution < -0.4 is 20.8 Å². The van der Waals surface area contributed by atoms with Crippen molar-refractivity contribution in [1.29, 1.82) is 10.5 Å². The number of nitrogens with two attached hydrogens (primary N) is 1. The van der Waals surface area contributed by atoms with Crippen molar-refractivity contribution in [2.45, 2.75) is 18.5 Å². The minimum atomic E-state index is -5.89. The molecule has 13 heteroatoms. The molecule has 1 atom stereocenters. The molecule has 0 fully saturated rings. The van der Waals surface area contributed by atoms with Crippen LogP contribution in [0.2, 0.25) is 0 Å². The summed E-state index contributed by atoms with van der Waals surface area (Å²) in [6, 6.07) is 5.80. The maximum Gasteiger partial charge on any atom is 0.439 e. The van der Waals surface area contributed by atoms with Gasteiger partial charge in [-0.25, -0.2) is 4.39 Å². The Morgan fingerprint density at radius 1 is 1.10 bits per heavy atom. The van der Waals surface area contributed by atoms with Gasteiger partial charge >= 0.3 is 12.3 Å².